The maximum absolute atomic E-state index is 5.37. The summed E-state index contributed by atoms with van der Waals surface area (Å²) in [5, 5.41) is 0. The summed E-state index contributed by atoms with van der Waals surface area (Å²) in [6.45, 7) is 4.00. The summed E-state index contributed by atoms with van der Waals surface area (Å²) in [4.78, 5) is 8.24. The van der Waals surface area contributed by atoms with Crippen molar-refractivity contribution in [3.8, 4) is 0 Å². The van der Waals surface area contributed by atoms with Gasteiger partial charge in [-0.15, -0.1) is 0 Å². The minimum atomic E-state index is 0.435. The van der Waals surface area contributed by atoms with Gasteiger partial charge < -0.3 is 0 Å². The van der Waals surface area contributed by atoms with Gasteiger partial charge in [-0.1, -0.05) is 13.8 Å². The molecule has 0 aromatic carbocycles. The standard InChI is InChI=1S/C8H9BN2.C2H6/c9-3-8-10-4-7(5-11-8)6-1-2-6;1-2/h4-6H,1-3H2;1-2H3. The van der Waals surface area contributed by atoms with Gasteiger partial charge in [0.2, 0.25) is 0 Å². The molecule has 2 rings (SSSR count). The van der Waals surface area contributed by atoms with Crippen LogP contribution in [0.4, 0.5) is 0 Å². The first-order valence-corrected chi connectivity index (χ1v) is 4.91. The largest absolute Gasteiger partial charge is 0.242 e. The van der Waals surface area contributed by atoms with Crippen molar-refractivity contribution in [2.45, 2.75) is 38.9 Å². The lowest BCUT2D eigenvalue weighted by molar-refractivity contribution is 0.969. The van der Waals surface area contributed by atoms with Crippen LogP contribution in [-0.4, -0.2) is 17.8 Å². The van der Waals surface area contributed by atoms with Crippen LogP contribution < -0.4 is 0 Å². The predicted molar refractivity (Wildman–Crippen MR) is 54.8 cm³/mol. The fourth-order valence-electron chi connectivity index (χ4n) is 1.10. The zero-order valence-corrected chi connectivity index (χ0v) is 8.33. The summed E-state index contributed by atoms with van der Waals surface area (Å²) >= 11 is 0. The first-order valence-electron chi connectivity index (χ1n) is 4.91. The first kappa shape index (κ1) is 10.2. The molecule has 1 fully saturated rings. The fourth-order valence-corrected chi connectivity index (χ4v) is 1.10. The molecule has 0 unspecified atom stereocenters. The summed E-state index contributed by atoms with van der Waals surface area (Å²) in [5.41, 5.74) is 1.27. The van der Waals surface area contributed by atoms with Gasteiger partial charge >= 0.3 is 0 Å². The van der Waals surface area contributed by atoms with Crippen LogP contribution in [0.25, 0.3) is 0 Å². The van der Waals surface area contributed by atoms with E-state index < -0.39 is 0 Å². The van der Waals surface area contributed by atoms with E-state index in [2.05, 4.69) is 9.97 Å². The van der Waals surface area contributed by atoms with Crippen LogP contribution in [0.15, 0.2) is 12.4 Å². The highest BCUT2D eigenvalue weighted by Crippen LogP contribution is 2.39. The van der Waals surface area contributed by atoms with E-state index in [0.717, 1.165) is 11.7 Å². The molecule has 0 spiro atoms. The summed E-state index contributed by atoms with van der Waals surface area (Å²) in [6, 6.07) is 0. The van der Waals surface area contributed by atoms with E-state index >= 15 is 0 Å². The molecule has 13 heavy (non-hydrogen) atoms. The van der Waals surface area contributed by atoms with E-state index in [0.29, 0.717) is 6.32 Å². The summed E-state index contributed by atoms with van der Waals surface area (Å²) in [6.07, 6.45) is 6.82. The average Bonchev–Trinajstić information content (AvgIpc) is 3.05. The van der Waals surface area contributed by atoms with Gasteiger partial charge in [0.1, 0.15) is 5.82 Å². The maximum atomic E-state index is 5.37. The smallest absolute Gasteiger partial charge is 0.119 e. The Morgan fingerprint density at radius 3 is 2.23 bits per heavy atom. The Labute approximate surface area is 81.2 Å². The molecule has 68 valence electrons. The highest BCUT2D eigenvalue weighted by molar-refractivity contribution is 6.07. The molecule has 0 aliphatic heterocycles. The van der Waals surface area contributed by atoms with E-state index in [1.807, 2.05) is 26.2 Å². The lowest BCUT2D eigenvalue weighted by atomic mass is 10.1. The predicted octanol–water partition coefficient (Wildman–Crippen LogP) is 2.05. The van der Waals surface area contributed by atoms with Gasteiger partial charge in [-0.25, -0.2) is 9.97 Å². The second-order valence-corrected chi connectivity index (χ2v) is 2.91. The summed E-state index contributed by atoms with van der Waals surface area (Å²) in [5.74, 6) is 1.47. The summed E-state index contributed by atoms with van der Waals surface area (Å²) < 4.78 is 0. The molecule has 3 heteroatoms. The van der Waals surface area contributed by atoms with Crippen molar-refractivity contribution in [3.05, 3.63) is 23.8 Å². The Hall–Kier alpha value is -0.855. The normalized spacial score (nSPS) is 14.6. The van der Waals surface area contributed by atoms with Gasteiger partial charge in [-0.3, -0.25) is 0 Å². The molecule has 0 amide bonds. The SMILES string of the molecule is CC.[B]Cc1ncc(C2CC2)cn1. The topological polar surface area (TPSA) is 25.8 Å². The molecule has 2 nitrogen and oxygen atoms in total. The molecule has 2 radical (unpaired) electrons. The van der Waals surface area contributed by atoms with Gasteiger partial charge in [-0.05, 0) is 30.6 Å². The van der Waals surface area contributed by atoms with E-state index in [1.54, 1.807) is 0 Å². The molecule has 1 aromatic rings. The van der Waals surface area contributed by atoms with Gasteiger partial charge in [0, 0.05) is 12.4 Å². The third-order valence-corrected chi connectivity index (χ3v) is 1.96. The monoisotopic (exact) mass is 174 g/mol. The van der Waals surface area contributed by atoms with Crippen LogP contribution >= 0.6 is 0 Å². The quantitative estimate of drug-likeness (QED) is 0.641. The van der Waals surface area contributed by atoms with Gasteiger partial charge in [0.25, 0.3) is 0 Å². The highest BCUT2D eigenvalue weighted by atomic mass is 14.9. The number of nitrogens with zero attached hydrogens (tertiary/aromatic N) is 2. The van der Waals surface area contributed by atoms with E-state index in [1.165, 1.54) is 18.4 Å². The van der Waals surface area contributed by atoms with Crippen molar-refractivity contribution in [2.75, 3.05) is 0 Å². The van der Waals surface area contributed by atoms with E-state index in [9.17, 15) is 0 Å². The zero-order chi connectivity index (χ0) is 9.68. The minimum Gasteiger partial charge on any atom is -0.242 e. The molecule has 0 bridgehead atoms. The Balaban J connectivity index is 0.000000396. The zero-order valence-electron chi connectivity index (χ0n) is 8.33. The molecule has 1 heterocycles. The van der Waals surface area contributed by atoms with Gasteiger partial charge in [-0.2, -0.15) is 0 Å². The van der Waals surface area contributed by atoms with Crippen molar-refractivity contribution < 1.29 is 0 Å². The van der Waals surface area contributed by atoms with Crippen molar-refractivity contribution in [2.24, 2.45) is 0 Å². The molecule has 1 saturated carbocycles. The third kappa shape index (κ3) is 2.83. The van der Waals surface area contributed by atoms with Gasteiger partial charge in [0.15, 0.2) is 0 Å². The Morgan fingerprint density at radius 2 is 1.85 bits per heavy atom. The van der Waals surface area contributed by atoms with Crippen molar-refractivity contribution in [1.29, 1.82) is 0 Å². The minimum absolute atomic E-state index is 0.435. The van der Waals surface area contributed by atoms with Crippen molar-refractivity contribution >= 4 is 7.85 Å². The Bertz CT molecular complexity index is 242. The summed E-state index contributed by atoms with van der Waals surface area (Å²) in [7, 11) is 5.37. The second kappa shape index (κ2) is 5.00. The Morgan fingerprint density at radius 1 is 1.31 bits per heavy atom. The molecule has 1 aromatic heterocycles. The van der Waals surface area contributed by atoms with Crippen LogP contribution in [0.3, 0.4) is 0 Å². The van der Waals surface area contributed by atoms with Gasteiger partial charge in [0.05, 0.1) is 7.85 Å². The van der Waals surface area contributed by atoms with Crippen LogP contribution in [0.2, 0.25) is 0 Å². The molecule has 1 aliphatic carbocycles. The maximum Gasteiger partial charge on any atom is 0.119 e. The van der Waals surface area contributed by atoms with Crippen LogP contribution in [0, 0.1) is 0 Å². The second-order valence-electron chi connectivity index (χ2n) is 2.91. The number of hydrogen-bond acceptors (Lipinski definition) is 2. The molecular weight excluding hydrogens is 159 g/mol. The number of rotatable bonds is 2. The molecular formula is C10H15BN2. The highest BCUT2D eigenvalue weighted by Gasteiger charge is 2.23. The van der Waals surface area contributed by atoms with Crippen molar-refractivity contribution in [1.82, 2.24) is 9.97 Å². The number of hydrogen-bond donors (Lipinski definition) is 0. The molecule has 0 atom stereocenters. The lowest BCUT2D eigenvalue weighted by Gasteiger charge is -1.97. The molecule has 1 aliphatic rings. The number of aromatic nitrogens is 2. The lowest BCUT2D eigenvalue weighted by Crippen LogP contribution is -1.95. The first-order chi connectivity index (χ1) is 6.40. The third-order valence-electron chi connectivity index (χ3n) is 1.96. The van der Waals surface area contributed by atoms with Crippen LogP contribution in [0.1, 0.15) is 44.0 Å². The fraction of sp³-hybridized carbons (Fsp3) is 0.600. The van der Waals surface area contributed by atoms with Crippen molar-refractivity contribution in [3.63, 3.8) is 0 Å². The molecule has 0 saturated heterocycles. The Kier molecular flexibility index (Phi) is 3.93. The van der Waals surface area contributed by atoms with E-state index in [-0.39, 0.29) is 0 Å². The van der Waals surface area contributed by atoms with Crippen LogP contribution in [0.5, 0.6) is 0 Å². The van der Waals surface area contributed by atoms with E-state index in [4.69, 9.17) is 7.85 Å². The average molecular weight is 174 g/mol. The molecule has 0 N–H and O–H groups in total. The van der Waals surface area contributed by atoms with Crippen LogP contribution in [-0.2, 0) is 6.32 Å².